The van der Waals surface area contributed by atoms with Gasteiger partial charge in [-0.3, -0.25) is 0 Å². The summed E-state index contributed by atoms with van der Waals surface area (Å²) in [7, 11) is 0. The Hall–Kier alpha value is -2.20. The highest BCUT2D eigenvalue weighted by Crippen LogP contribution is 2.44. The minimum Gasteiger partial charge on any atom is -0.389 e. The molecule has 4 rings (SSSR count). The lowest BCUT2D eigenvalue weighted by molar-refractivity contribution is -0.0214. The van der Waals surface area contributed by atoms with E-state index < -0.39 is 6.10 Å². The molecular weight excluding hydrogens is 394 g/mol. The third kappa shape index (κ3) is 5.98. The third-order valence-corrected chi connectivity index (χ3v) is 6.53. The second-order valence-electron chi connectivity index (χ2n) is 10.2. The van der Waals surface area contributed by atoms with Crippen LogP contribution in [0.25, 0.3) is 10.8 Å². The zero-order valence-corrected chi connectivity index (χ0v) is 19.9. The quantitative estimate of drug-likeness (QED) is 0.420. The molecule has 170 valence electrons. The lowest BCUT2D eigenvalue weighted by Crippen LogP contribution is -2.46. The van der Waals surface area contributed by atoms with Gasteiger partial charge >= 0.3 is 0 Å². The van der Waals surface area contributed by atoms with Gasteiger partial charge in [0.05, 0.1) is 18.8 Å². The minimum absolute atomic E-state index is 0.0934. The van der Waals surface area contributed by atoms with Crippen LogP contribution in [0.4, 0.5) is 0 Å². The number of fused-ring (bicyclic) bond motifs is 1. The van der Waals surface area contributed by atoms with Gasteiger partial charge in [0.2, 0.25) is 0 Å². The van der Waals surface area contributed by atoms with Gasteiger partial charge in [-0.2, -0.15) is 0 Å². The van der Waals surface area contributed by atoms with Gasteiger partial charge in [0.1, 0.15) is 0 Å². The lowest BCUT2D eigenvalue weighted by Gasteiger charge is -2.29. The number of hydrogen-bond donors (Lipinski definition) is 2. The predicted molar refractivity (Wildman–Crippen MR) is 133 cm³/mol. The van der Waals surface area contributed by atoms with E-state index in [1.54, 1.807) is 0 Å². The van der Waals surface area contributed by atoms with E-state index in [0.717, 1.165) is 6.42 Å². The van der Waals surface area contributed by atoms with Gasteiger partial charge in [0, 0.05) is 12.1 Å². The number of benzene rings is 3. The van der Waals surface area contributed by atoms with E-state index in [1.165, 1.54) is 45.9 Å². The van der Waals surface area contributed by atoms with Crippen LogP contribution >= 0.6 is 0 Å². The van der Waals surface area contributed by atoms with Crippen molar-refractivity contribution in [3.63, 3.8) is 0 Å². The van der Waals surface area contributed by atoms with Crippen LogP contribution in [-0.2, 0) is 11.2 Å². The van der Waals surface area contributed by atoms with Gasteiger partial charge in [0.15, 0.2) is 0 Å². The molecule has 0 heterocycles. The van der Waals surface area contributed by atoms with Gasteiger partial charge < -0.3 is 15.2 Å². The third-order valence-electron chi connectivity index (χ3n) is 6.53. The average molecular weight is 432 g/mol. The van der Waals surface area contributed by atoms with Gasteiger partial charge in [0.25, 0.3) is 0 Å². The highest BCUT2D eigenvalue weighted by molar-refractivity contribution is 5.83. The van der Waals surface area contributed by atoms with Crippen LogP contribution < -0.4 is 5.32 Å². The molecule has 3 aromatic carbocycles. The molecule has 0 spiro atoms. The Morgan fingerprint density at radius 1 is 1.00 bits per heavy atom. The first-order chi connectivity index (χ1) is 15.3. The van der Waals surface area contributed by atoms with Crippen LogP contribution in [0.15, 0.2) is 60.7 Å². The number of β-amino-alcohol motifs (C(OH)–C–C–N with tert-alkyl or cyclic N) is 1. The molecule has 0 bridgehead atoms. The van der Waals surface area contributed by atoms with E-state index in [1.807, 2.05) is 0 Å². The minimum atomic E-state index is -0.530. The smallest absolute Gasteiger partial charge is 0.0898 e. The molecule has 0 saturated heterocycles. The van der Waals surface area contributed by atoms with Crippen molar-refractivity contribution in [2.45, 2.75) is 64.7 Å². The summed E-state index contributed by atoms with van der Waals surface area (Å²) in [6, 6.07) is 21.7. The standard InChI is InChI=1S/C29H37NO2/c1-20-9-14-27(21(2)15-20)28(24-12-13-24)32-19-26(31)18-30-29(3,4)17-22-10-11-23-7-5-6-8-25(23)16-22/h5-11,14-16,24,26,28,30-31H,12-13,17-19H2,1-4H3/t26-,28?/m1/s1. The lowest BCUT2D eigenvalue weighted by atomic mass is 9.93. The maximum atomic E-state index is 10.6. The van der Waals surface area contributed by atoms with Crippen LogP contribution in [0.5, 0.6) is 0 Å². The van der Waals surface area contributed by atoms with E-state index in [4.69, 9.17) is 4.74 Å². The zero-order chi connectivity index (χ0) is 22.7. The molecule has 1 aliphatic carbocycles. The predicted octanol–water partition coefficient (Wildman–Crippen LogP) is 5.90. The Morgan fingerprint density at radius 2 is 1.75 bits per heavy atom. The number of aryl methyl sites for hydroxylation is 2. The molecule has 3 heteroatoms. The number of nitrogens with one attached hydrogen (secondary N) is 1. The Morgan fingerprint density at radius 3 is 2.47 bits per heavy atom. The zero-order valence-electron chi connectivity index (χ0n) is 19.9. The van der Waals surface area contributed by atoms with Crippen LogP contribution in [0.2, 0.25) is 0 Å². The summed E-state index contributed by atoms with van der Waals surface area (Å²) in [5.74, 6) is 0.584. The summed E-state index contributed by atoms with van der Waals surface area (Å²) in [6.07, 6.45) is 2.89. The largest absolute Gasteiger partial charge is 0.389 e. The van der Waals surface area contributed by atoms with Crippen molar-refractivity contribution in [2.75, 3.05) is 13.2 Å². The summed E-state index contributed by atoms with van der Waals surface area (Å²) in [5.41, 5.74) is 5.02. The summed E-state index contributed by atoms with van der Waals surface area (Å²) < 4.78 is 6.28. The first-order valence-electron chi connectivity index (χ1n) is 11.9. The van der Waals surface area contributed by atoms with Crippen molar-refractivity contribution in [1.29, 1.82) is 0 Å². The van der Waals surface area contributed by atoms with Gasteiger partial charge in [-0.25, -0.2) is 0 Å². The van der Waals surface area contributed by atoms with Crippen molar-refractivity contribution >= 4 is 10.8 Å². The molecule has 2 atom stereocenters. The Bertz CT molecular complexity index is 1050. The average Bonchev–Trinajstić information content (AvgIpc) is 3.59. The van der Waals surface area contributed by atoms with Gasteiger partial charge in [-0.05, 0) is 80.3 Å². The highest BCUT2D eigenvalue weighted by atomic mass is 16.5. The van der Waals surface area contributed by atoms with Crippen molar-refractivity contribution in [1.82, 2.24) is 5.32 Å². The van der Waals surface area contributed by atoms with E-state index in [0.29, 0.717) is 19.1 Å². The van der Waals surface area contributed by atoms with Crippen molar-refractivity contribution in [3.8, 4) is 0 Å². The number of ether oxygens (including phenoxy) is 1. The molecule has 0 amide bonds. The van der Waals surface area contributed by atoms with Crippen LogP contribution in [0, 0.1) is 19.8 Å². The molecule has 1 fully saturated rings. The van der Waals surface area contributed by atoms with Crippen molar-refractivity contribution in [3.05, 3.63) is 82.9 Å². The molecule has 3 nitrogen and oxygen atoms in total. The van der Waals surface area contributed by atoms with E-state index in [-0.39, 0.29) is 11.6 Å². The van der Waals surface area contributed by atoms with E-state index >= 15 is 0 Å². The summed E-state index contributed by atoms with van der Waals surface area (Å²) in [6.45, 7) is 9.54. The molecule has 1 aliphatic rings. The first kappa shape index (κ1) is 23.0. The van der Waals surface area contributed by atoms with Crippen LogP contribution in [-0.4, -0.2) is 29.9 Å². The maximum Gasteiger partial charge on any atom is 0.0898 e. The number of aliphatic hydroxyl groups excluding tert-OH is 1. The van der Waals surface area contributed by atoms with Crippen molar-refractivity contribution < 1.29 is 9.84 Å². The molecule has 2 N–H and O–H groups in total. The van der Waals surface area contributed by atoms with Gasteiger partial charge in [-0.15, -0.1) is 0 Å². The SMILES string of the molecule is Cc1ccc(C(OC[C@H](O)CNC(C)(C)Cc2ccc3ccccc3c2)C2CC2)c(C)c1. The van der Waals surface area contributed by atoms with E-state index in [2.05, 4.69) is 93.7 Å². The monoisotopic (exact) mass is 431 g/mol. The fourth-order valence-electron chi connectivity index (χ4n) is 4.61. The van der Waals surface area contributed by atoms with E-state index in [9.17, 15) is 5.11 Å². The van der Waals surface area contributed by atoms with Gasteiger partial charge in [-0.1, -0.05) is 66.2 Å². The summed E-state index contributed by atoms with van der Waals surface area (Å²) >= 11 is 0. The normalized spacial score (nSPS) is 16.3. The van der Waals surface area contributed by atoms with Crippen molar-refractivity contribution in [2.24, 2.45) is 5.92 Å². The molecule has 0 aliphatic heterocycles. The Balaban J connectivity index is 1.30. The molecule has 1 unspecified atom stereocenters. The Labute approximate surface area is 192 Å². The Kier molecular flexibility index (Phi) is 6.99. The topological polar surface area (TPSA) is 41.5 Å². The first-order valence-corrected chi connectivity index (χ1v) is 11.9. The molecule has 0 radical (unpaired) electrons. The van der Waals surface area contributed by atoms with Crippen LogP contribution in [0.3, 0.4) is 0 Å². The summed E-state index contributed by atoms with van der Waals surface area (Å²) in [4.78, 5) is 0. The number of rotatable bonds is 10. The summed E-state index contributed by atoms with van der Waals surface area (Å²) in [5, 5.41) is 16.7. The molecular formula is C29H37NO2. The second-order valence-corrected chi connectivity index (χ2v) is 10.2. The highest BCUT2D eigenvalue weighted by Gasteiger charge is 2.34. The number of hydrogen-bond acceptors (Lipinski definition) is 3. The fourth-order valence-corrected chi connectivity index (χ4v) is 4.61. The molecule has 32 heavy (non-hydrogen) atoms. The second kappa shape index (κ2) is 9.74. The molecule has 3 aromatic rings. The number of aliphatic hydroxyl groups is 1. The maximum absolute atomic E-state index is 10.6. The fraction of sp³-hybridized carbons (Fsp3) is 0.448. The molecule has 1 saturated carbocycles. The molecule has 0 aromatic heterocycles. The van der Waals surface area contributed by atoms with Crippen LogP contribution in [0.1, 0.15) is 55.0 Å².